The second-order valence-electron chi connectivity index (χ2n) is 5.62. The van der Waals surface area contributed by atoms with Crippen molar-refractivity contribution in [3.05, 3.63) is 35.4 Å². The monoisotopic (exact) mass is 284 g/mol. The molecule has 0 unspecified atom stereocenters. The van der Waals surface area contributed by atoms with Crippen LogP contribution < -0.4 is 10.5 Å². The van der Waals surface area contributed by atoms with Crippen molar-refractivity contribution in [3.8, 4) is 0 Å². The van der Waals surface area contributed by atoms with E-state index in [0.29, 0.717) is 13.1 Å². The highest BCUT2D eigenvalue weighted by atomic mass is 32.2. The van der Waals surface area contributed by atoms with E-state index < -0.39 is 10.0 Å². The van der Waals surface area contributed by atoms with Gasteiger partial charge in [-0.15, -0.1) is 0 Å². The minimum atomic E-state index is -3.28. The topological polar surface area (TPSA) is 72.2 Å². The maximum atomic E-state index is 12.0. The van der Waals surface area contributed by atoms with E-state index in [4.69, 9.17) is 5.73 Å². The van der Waals surface area contributed by atoms with Gasteiger partial charge in [-0.05, 0) is 23.0 Å². The minimum Gasteiger partial charge on any atom is -0.326 e. The third-order valence-corrected chi connectivity index (χ3v) is 4.64. The van der Waals surface area contributed by atoms with E-state index >= 15 is 0 Å². The van der Waals surface area contributed by atoms with Crippen molar-refractivity contribution >= 4 is 10.0 Å². The van der Waals surface area contributed by atoms with E-state index in [0.717, 1.165) is 17.5 Å². The molecule has 1 rings (SSSR count). The number of hydrogen-bond acceptors (Lipinski definition) is 3. The van der Waals surface area contributed by atoms with Gasteiger partial charge in [-0.3, -0.25) is 0 Å². The number of nitrogens with one attached hydrogen (secondary N) is 1. The van der Waals surface area contributed by atoms with Crippen LogP contribution in [0.25, 0.3) is 0 Å². The molecule has 3 N–H and O–H groups in total. The Balaban J connectivity index is 2.63. The first kappa shape index (κ1) is 16.1. The lowest BCUT2D eigenvalue weighted by Crippen LogP contribution is -2.34. The first-order valence-electron chi connectivity index (χ1n) is 6.53. The van der Waals surface area contributed by atoms with Gasteiger partial charge in [-0.1, -0.05) is 45.0 Å². The van der Waals surface area contributed by atoms with Crippen LogP contribution in [0.2, 0.25) is 0 Å². The van der Waals surface area contributed by atoms with E-state index in [1.54, 1.807) is 0 Å². The Labute approximate surface area is 116 Å². The van der Waals surface area contributed by atoms with Crippen LogP contribution in [-0.2, 0) is 22.3 Å². The smallest absolute Gasteiger partial charge is 0.215 e. The molecule has 0 spiro atoms. The fraction of sp³-hybridized carbons (Fsp3) is 0.571. The lowest BCUT2D eigenvalue weighted by atomic mass is 9.91. The van der Waals surface area contributed by atoms with Crippen molar-refractivity contribution in [3.63, 3.8) is 0 Å². The normalized spacial score (nSPS) is 12.6. The van der Waals surface area contributed by atoms with Crippen molar-refractivity contribution in [1.29, 1.82) is 0 Å². The summed E-state index contributed by atoms with van der Waals surface area (Å²) >= 11 is 0. The molecule has 0 radical (unpaired) electrons. The Morgan fingerprint density at radius 1 is 1.16 bits per heavy atom. The standard InChI is InChI=1S/C14H24N2O2S/c1-4-14(2,3)11-16-19(17,18)10-13-7-5-12(9-15)6-8-13/h5-8,16H,4,9-11,15H2,1-3H3. The molecule has 1 aromatic rings. The molecular weight excluding hydrogens is 260 g/mol. The van der Waals surface area contributed by atoms with Gasteiger partial charge in [-0.2, -0.15) is 0 Å². The van der Waals surface area contributed by atoms with Crippen LogP contribution in [0.3, 0.4) is 0 Å². The maximum absolute atomic E-state index is 12.0. The number of rotatable bonds is 7. The zero-order chi connectivity index (χ0) is 14.5. The molecule has 0 aliphatic rings. The van der Waals surface area contributed by atoms with Gasteiger partial charge in [0.25, 0.3) is 0 Å². The van der Waals surface area contributed by atoms with Crippen molar-refractivity contribution in [2.75, 3.05) is 6.54 Å². The molecule has 0 aromatic heterocycles. The summed E-state index contributed by atoms with van der Waals surface area (Å²) in [5, 5.41) is 0. The first-order valence-corrected chi connectivity index (χ1v) is 8.18. The van der Waals surface area contributed by atoms with Gasteiger partial charge >= 0.3 is 0 Å². The molecule has 0 fully saturated rings. The molecule has 0 heterocycles. The Morgan fingerprint density at radius 3 is 2.16 bits per heavy atom. The zero-order valence-electron chi connectivity index (χ0n) is 11.9. The molecule has 0 saturated heterocycles. The summed E-state index contributed by atoms with van der Waals surface area (Å²) in [5.41, 5.74) is 7.27. The summed E-state index contributed by atoms with van der Waals surface area (Å²) in [6.07, 6.45) is 0.931. The molecule has 4 nitrogen and oxygen atoms in total. The van der Waals surface area contributed by atoms with E-state index in [9.17, 15) is 8.42 Å². The van der Waals surface area contributed by atoms with Gasteiger partial charge in [0.2, 0.25) is 10.0 Å². The summed E-state index contributed by atoms with van der Waals surface area (Å²) in [6, 6.07) is 7.35. The van der Waals surface area contributed by atoms with Gasteiger partial charge in [0.05, 0.1) is 5.75 Å². The number of hydrogen-bond donors (Lipinski definition) is 2. The van der Waals surface area contributed by atoms with E-state index in [2.05, 4.69) is 11.6 Å². The van der Waals surface area contributed by atoms with Crippen LogP contribution in [0.4, 0.5) is 0 Å². The SMILES string of the molecule is CCC(C)(C)CNS(=O)(=O)Cc1ccc(CN)cc1. The quantitative estimate of drug-likeness (QED) is 0.804. The van der Waals surface area contributed by atoms with Crippen LogP contribution in [0.5, 0.6) is 0 Å². The van der Waals surface area contributed by atoms with Gasteiger partial charge in [-0.25, -0.2) is 13.1 Å². The predicted octanol–water partition coefficient (Wildman–Crippen LogP) is 2.00. The Kier molecular flexibility index (Phi) is 5.52. The summed E-state index contributed by atoms with van der Waals surface area (Å²) < 4.78 is 26.6. The average Bonchev–Trinajstić information content (AvgIpc) is 2.37. The number of sulfonamides is 1. The van der Waals surface area contributed by atoms with Crippen molar-refractivity contribution in [2.24, 2.45) is 11.1 Å². The Morgan fingerprint density at radius 2 is 1.68 bits per heavy atom. The third-order valence-electron chi connectivity index (χ3n) is 3.34. The number of nitrogens with two attached hydrogens (primary N) is 1. The molecule has 0 bridgehead atoms. The minimum absolute atomic E-state index is 0.0116. The van der Waals surface area contributed by atoms with Crippen molar-refractivity contribution in [1.82, 2.24) is 4.72 Å². The highest BCUT2D eigenvalue weighted by molar-refractivity contribution is 7.88. The van der Waals surface area contributed by atoms with Gasteiger partial charge in [0, 0.05) is 13.1 Å². The lowest BCUT2D eigenvalue weighted by molar-refractivity contribution is 0.350. The molecule has 1 aromatic carbocycles. The van der Waals surface area contributed by atoms with Gasteiger partial charge in [0.1, 0.15) is 0 Å². The second kappa shape index (κ2) is 6.50. The Hall–Kier alpha value is -0.910. The summed E-state index contributed by atoms with van der Waals surface area (Å²) in [7, 11) is -3.28. The van der Waals surface area contributed by atoms with Crippen LogP contribution in [-0.4, -0.2) is 15.0 Å². The third kappa shape index (κ3) is 5.72. The van der Waals surface area contributed by atoms with E-state index in [1.807, 2.05) is 38.1 Å². The number of benzene rings is 1. The van der Waals surface area contributed by atoms with Crippen LogP contribution >= 0.6 is 0 Å². The molecule has 19 heavy (non-hydrogen) atoms. The molecule has 108 valence electrons. The second-order valence-corrected chi connectivity index (χ2v) is 7.43. The predicted molar refractivity (Wildman–Crippen MR) is 79.0 cm³/mol. The fourth-order valence-electron chi connectivity index (χ4n) is 1.47. The largest absolute Gasteiger partial charge is 0.326 e. The molecule has 0 aliphatic carbocycles. The van der Waals surface area contributed by atoms with E-state index in [-0.39, 0.29) is 11.2 Å². The summed E-state index contributed by atoms with van der Waals surface area (Å²) in [4.78, 5) is 0. The van der Waals surface area contributed by atoms with Crippen molar-refractivity contribution in [2.45, 2.75) is 39.5 Å². The lowest BCUT2D eigenvalue weighted by Gasteiger charge is -2.22. The molecule has 0 amide bonds. The van der Waals surface area contributed by atoms with Crippen LogP contribution in [0, 0.1) is 5.41 Å². The summed E-state index contributed by atoms with van der Waals surface area (Å²) in [5.74, 6) is 0.0116. The highest BCUT2D eigenvalue weighted by Gasteiger charge is 2.19. The van der Waals surface area contributed by atoms with E-state index in [1.165, 1.54) is 0 Å². The zero-order valence-corrected chi connectivity index (χ0v) is 12.8. The van der Waals surface area contributed by atoms with Crippen molar-refractivity contribution < 1.29 is 8.42 Å². The molecular formula is C14H24N2O2S. The molecule has 0 atom stereocenters. The maximum Gasteiger partial charge on any atom is 0.215 e. The first-order chi connectivity index (χ1) is 8.78. The van der Waals surface area contributed by atoms with Gasteiger partial charge in [0.15, 0.2) is 0 Å². The molecule has 0 saturated carbocycles. The van der Waals surface area contributed by atoms with Crippen LogP contribution in [0.1, 0.15) is 38.3 Å². The average molecular weight is 284 g/mol. The Bertz CT molecular complexity index is 493. The van der Waals surface area contributed by atoms with Crippen LogP contribution in [0.15, 0.2) is 24.3 Å². The molecule has 0 aliphatic heterocycles. The highest BCUT2D eigenvalue weighted by Crippen LogP contribution is 2.18. The van der Waals surface area contributed by atoms with Gasteiger partial charge < -0.3 is 5.73 Å². The molecule has 5 heteroatoms. The fourth-order valence-corrected chi connectivity index (χ4v) is 2.82. The summed E-state index contributed by atoms with van der Waals surface area (Å²) in [6.45, 7) is 7.08.